The van der Waals surface area contributed by atoms with Gasteiger partial charge in [-0.15, -0.1) is 0 Å². The van der Waals surface area contributed by atoms with E-state index in [9.17, 15) is 14.0 Å². The number of nitrogens with zero attached hydrogens (tertiary/aromatic N) is 1. The van der Waals surface area contributed by atoms with Crippen LogP contribution in [0, 0.1) is 19.7 Å². The zero-order chi connectivity index (χ0) is 21.4. The highest BCUT2D eigenvalue weighted by atomic mass is 35.5. The van der Waals surface area contributed by atoms with Gasteiger partial charge in [0, 0.05) is 10.7 Å². The summed E-state index contributed by atoms with van der Waals surface area (Å²) < 4.78 is 13.5. The van der Waals surface area contributed by atoms with E-state index in [2.05, 4.69) is 5.32 Å². The molecule has 1 N–H and O–H groups in total. The van der Waals surface area contributed by atoms with E-state index in [0.29, 0.717) is 27.5 Å². The number of aryl methyl sites for hydroxylation is 1. The lowest BCUT2D eigenvalue weighted by molar-refractivity contribution is -0.120. The molecule has 2 amide bonds. The summed E-state index contributed by atoms with van der Waals surface area (Å²) in [4.78, 5) is 27.9. The van der Waals surface area contributed by atoms with E-state index in [1.54, 1.807) is 25.1 Å². The predicted molar refractivity (Wildman–Crippen MR) is 117 cm³/mol. The second kappa shape index (κ2) is 7.76. The number of anilines is 2. The van der Waals surface area contributed by atoms with Crippen LogP contribution in [0.1, 0.15) is 16.7 Å². The van der Waals surface area contributed by atoms with Crippen LogP contribution in [-0.4, -0.2) is 11.8 Å². The maximum Gasteiger partial charge on any atom is 0.282 e. The number of carbonyl (C=O) groups excluding carboxylic acids is 2. The minimum Gasteiger partial charge on any atom is -0.350 e. The molecule has 0 saturated carbocycles. The van der Waals surface area contributed by atoms with Gasteiger partial charge in [0.15, 0.2) is 0 Å². The summed E-state index contributed by atoms with van der Waals surface area (Å²) in [6, 6.07) is 18.0. The summed E-state index contributed by atoms with van der Waals surface area (Å²) in [5, 5.41) is 3.58. The van der Waals surface area contributed by atoms with Gasteiger partial charge in [-0.05, 0) is 60.9 Å². The van der Waals surface area contributed by atoms with Gasteiger partial charge >= 0.3 is 0 Å². The van der Waals surface area contributed by atoms with Gasteiger partial charge in [0.2, 0.25) is 0 Å². The summed E-state index contributed by atoms with van der Waals surface area (Å²) in [5.41, 5.74) is 3.44. The summed E-state index contributed by atoms with van der Waals surface area (Å²) >= 11 is 6.23. The van der Waals surface area contributed by atoms with Crippen LogP contribution >= 0.6 is 11.6 Å². The van der Waals surface area contributed by atoms with Gasteiger partial charge in [-0.2, -0.15) is 0 Å². The molecule has 4 rings (SSSR count). The van der Waals surface area contributed by atoms with Crippen molar-refractivity contribution in [2.45, 2.75) is 13.8 Å². The van der Waals surface area contributed by atoms with Gasteiger partial charge < -0.3 is 5.32 Å². The molecule has 1 aliphatic rings. The average molecular weight is 421 g/mol. The van der Waals surface area contributed by atoms with Crippen LogP contribution in [0.5, 0.6) is 0 Å². The van der Waals surface area contributed by atoms with Crippen LogP contribution in [0.25, 0.3) is 5.57 Å². The van der Waals surface area contributed by atoms with Crippen LogP contribution in [0.2, 0.25) is 5.02 Å². The molecule has 0 saturated heterocycles. The molecule has 30 heavy (non-hydrogen) atoms. The molecule has 0 atom stereocenters. The van der Waals surface area contributed by atoms with Crippen molar-refractivity contribution in [3.8, 4) is 0 Å². The minimum absolute atomic E-state index is 0.139. The number of nitrogens with one attached hydrogen (secondary N) is 1. The molecule has 1 aliphatic heterocycles. The lowest BCUT2D eigenvalue weighted by atomic mass is 10.0. The second-order valence-electron chi connectivity index (χ2n) is 7.03. The molecular weight excluding hydrogens is 403 g/mol. The lowest BCUT2D eigenvalue weighted by Crippen LogP contribution is -2.33. The van der Waals surface area contributed by atoms with Gasteiger partial charge in [-0.1, -0.05) is 48.0 Å². The first kappa shape index (κ1) is 19.9. The Balaban J connectivity index is 1.87. The van der Waals surface area contributed by atoms with Gasteiger partial charge in [0.25, 0.3) is 11.8 Å². The van der Waals surface area contributed by atoms with Crippen LogP contribution < -0.4 is 10.2 Å². The van der Waals surface area contributed by atoms with Gasteiger partial charge in [-0.25, -0.2) is 9.29 Å². The smallest absolute Gasteiger partial charge is 0.282 e. The molecule has 3 aromatic carbocycles. The van der Waals surface area contributed by atoms with Crippen molar-refractivity contribution in [1.82, 2.24) is 0 Å². The fourth-order valence-corrected chi connectivity index (χ4v) is 3.60. The third-order valence-corrected chi connectivity index (χ3v) is 5.51. The normalized spacial score (nSPS) is 13.9. The summed E-state index contributed by atoms with van der Waals surface area (Å²) in [6.07, 6.45) is 0. The highest BCUT2D eigenvalue weighted by molar-refractivity contribution is 6.46. The Hall–Kier alpha value is -3.44. The maximum absolute atomic E-state index is 13.5. The number of amides is 2. The quantitative estimate of drug-likeness (QED) is 0.567. The van der Waals surface area contributed by atoms with Crippen molar-refractivity contribution in [1.29, 1.82) is 0 Å². The van der Waals surface area contributed by atoms with E-state index in [1.807, 2.05) is 31.2 Å². The molecule has 0 bridgehead atoms. The zero-order valence-electron chi connectivity index (χ0n) is 16.4. The van der Waals surface area contributed by atoms with Crippen molar-refractivity contribution in [2.75, 3.05) is 10.2 Å². The van der Waals surface area contributed by atoms with E-state index in [0.717, 1.165) is 10.5 Å². The molecule has 0 spiro atoms. The number of carbonyl (C=O) groups is 2. The fourth-order valence-electron chi connectivity index (χ4n) is 3.43. The summed E-state index contributed by atoms with van der Waals surface area (Å²) in [6.45, 7) is 3.66. The standard InChI is InChI=1S/C24H18ClFN2O2/c1-14-6-3-4-8-19(14)27-22-21(16-10-12-17(26)13-11-16)23(29)28(24(22)30)20-9-5-7-18(25)15(20)2/h3-13,27H,1-2H3. The van der Waals surface area contributed by atoms with E-state index < -0.39 is 17.6 Å². The first-order valence-corrected chi connectivity index (χ1v) is 9.73. The van der Waals surface area contributed by atoms with Crippen LogP contribution in [0.15, 0.2) is 72.4 Å². The van der Waals surface area contributed by atoms with Gasteiger partial charge in [0.05, 0.1) is 11.3 Å². The lowest BCUT2D eigenvalue weighted by Gasteiger charge is -2.18. The largest absolute Gasteiger partial charge is 0.350 e. The van der Waals surface area contributed by atoms with Crippen molar-refractivity contribution < 1.29 is 14.0 Å². The third kappa shape index (κ3) is 3.37. The monoisotopic (exact) mass is 420 g/mol. The Labute approximate surface area is 178 Å². The molecule has 150 valence electrons. The minimum atomic E-state index is -0.493. The van der Waals surface area contributed by atoms with Crippen LogP contribution in [0.3, 0.4) is 0 Å². The fraction of sp³-hybridized carbons (Fsp3) is 0.0833. The third-order valence-electron chi connectivity index (χ3n) is 5.10. The van der Waals surface area contributed by atoms with Crippen LogP contribution in [0.4, 0.5) is 15.8 Å². The van der Waals surface area contributed by atoms with Crippen molar-refractivity contribution in [3.63, 3.8) is 0 Å². The number of halogens is 2. The second-order valence-corrected chi connectivity index (χ2v) is 7.43. The zero-order valence-corrected chi connectivity index (χ0v) is 17.1. The van der Waals surface area contributed by atoms with E-state index in [1.165, 1.54) is 24.3 Å². The SMILES string of the molecule is Cc1ccccc1NC1=C(c2ccc(F)cc2)C(=O)N(c2cccc(Cl)c2C)C1=O. The summed E-state index contributed by atoms with van der Waals surface area (Å²) in [7, 11) is 0. The van der Waals surface area contributed by atoms with E-state index in [4.69, 9.17) is 11.6 Å². The van der Waals surface area contributed by atoms with Crippen molar-refractivity contribution in [2.24, 2.45) is 0 Å². The highest BCUT2D eigenvalue weighted by Crippen LogP contribution is 2.37. The van der Waals surface area contributed by atoms with E-state index in [-0.39, 0.29) is 11.3 Å². The topological polar surface area (TPSA) is 49.4 Å². The molecule has 3 aromatic rings. The van der Waals surface area contributed by atoms with Gasteiger partial charge in [0.1, 0.15) is 11.5 Å². The average Bonchev–Trinajstić information content (AvgIpc) is 2.96. The first-order valence-electron chi connectivity index (χ1n) is 9.35. The molecule has 1 heterocycles. The van der Waals surface area contributed by atoms with Gasteiger partial charge in [-0.3, -0.25) is 9.59 Å². The van der Waals surface area contributed by atoms with E-state index >= 15 is 0 Å². The highest BCUT2D eigenvalue weighted by Gasteiger charge is 2.41. The Bertz CT molecular complexity index is 1200. The van der Waals surface area contributed by atoms with Crippen molar-refractivity contribution in [3.05, 3.63) is 100.0 Å². The maximum atomic E-state index is 13.5. The number of imide groups is 1. The molecule has 0 aromatic heterocycles. The Morgan fingerprint density at radius 2 is 1.57 bits per heavy atom. The molecule has 0 fully saturated rings. The van der Waals surface area contributed by atoms with Crippen LogP contribution in [-0.2, 0) is 9.59 Å². The Kier molecular flexibility index (Phi) is 5.14. The number of hydrogen-bond donors (Lipinski definition) is 1. The molecule has 0 aliphatic carbocycles. The number of benzene rings is 3. The number of hydrogen-bond acceptors (Lipinski definition) is 3. The Morgan fingerprint density at radius 1 is 0.867 bits per heavy atom. The number of rotatable bonds is 4. The summed E-state index contributed by atoms with van der Waals surface area (Å²) in [5.74, 6) is -1.41. The number of para-hydroxylation sites is 1. The predicted octanol–water partition coefficient (Wildman–Crippen LogP) is 5.49. The van der Waals surface area contributed by atoms with Crippen molar-refractivity contribution >= 4 is 40.4 Å². The molecule has 6 heteroatoms. The first-order chi connectivity index (χ1) is 14.4. The molecule has 0 radical (unpaired) electrons. The molecule has 4 nitrogen and oxygen atoms in total. The molecule has 0 unspecified atom stereocenters. The Morgan fingerprint density at radius 3 is 2.27 bits per heavy atom. The molecular formula is C24H18ClFN2O2.